The normalized spacial score (nSPS) is 11.3. The van der Waals surface area contributed by atoms with Crippen molar-refractivity contribution in [3.05, 3.63) is 35.4 Å². The van der Waals surface area contributed by atoms with Crippen LogP contribution in [0, 0.1) is 13.8 Å². The molecule has 4 aromatic rings. The van der Waals surface area contributed by atoms with Gasteiger partial charge < -0.3 is 4.57 Å². The van der Waals surface area contributed by atoms with Gasteiger partial charge in [-0.1, -0.05) is 0 Å². The highest BCUT2D eigenvalue weighted by Crippen LogP contribution is 2.36. The number of aryl methyl sites for hydroxylation is 2. The maximum Gasteiger partial charge on any atom is 0.197 e. The van der Waals surface area contributed by atoms with Crippen LogP contribution in [0.5, 0.6) is 0 Å². The highest BCUT2D eigenvalue weighted by atomic mass is 32.2. The quantitative estimate of drug-likeness (QED) is 0.509. The zero-order valence-corrected chi connectivity index (χ0v) is 15.6. The van der Waals surface area contributed by atoms with Crippen molar-refractivity contribution >= 4 is 33.3 Å². The third-order valence-corrected chi connectivity index (χ3v) is 5.67. The lowest BCUT2D eigenvalue weighted by Crippen LogP contribution is -2.01. The first-order chi connectivity index (χ1) is 12.2. The van der Waals surface area contributed by atoms with Gasteiger partial charge in [-0.15, -0.1) is 21.5 Å². The van der Waals surface area contributed by atoms with Gasteiger partial charge in [0.05, 0.1) is 6.20 Å². The SMILES string of the molecule is CCn1c(Sc2nc(C)nc3scc(C)c23)nnc1-c1cnccn1. The molecule has 126 valence electrons. The Kier molecular flexibility index (Phi) is 4.18. The molecule has 0 saturated heterocycles. The summed E-state index contributed by atoms with van der Waals surface area (Å²) in [4.78, 5) is 18.6. The molecule has 4 rings (SSSR count). The fourth-order valence-corrected chi connectivity index (χ4v) is 4.71. The fraction of sp³-hybridized carbons (Fsp3) is 0.250. The molecule has 4 heterocycles. The molecule has 0 aliphatic heterocycles. The lowest BCUT2D eigenvalue weighted by molar-refractivity contribution is 0.685. The summed E-state index contributed by atoms with van der Waals surface area (Å²) in [5, 5.41) is 13.6. The summed E-state index contributed by atoms with van der Waals surface area (Å²) in [6, 6.07) is 0. The van der Waals surface area contributed by atoms with Gasteiger partial charge in [0.15, 0.2) is 11.0 Å². The van der Waals surface area contributed by atoms with Gasteiger partial charge in [0.2, 0.25) is 0 Å². The van der Waals surface area contributed by atoms with E-state index in [1.165, 1.54) is 17.3 Å². The molecule has 0 aliphatic carbocycles. The molecule has 0 N–H and O–H groups in total. The molecule has 0 spiro atoms. The molecule has 7 nitrogen and oxygen atoms in total. The minimum Gasteiger partial charge on any atom is -0.301 e. The number of rotatable bonds is 4. The van der Waals surface area contributed by atoms with Crippen LogP contribution in [0.3, 0.4) is 0 Å². The van der Waals surface area contributed by atoms with E-state index in [9.17, 15) is 0 Å². The van der Waals surface area contributed by atoms with Crippen LogP contribution in [0.1, 0.15) is 18.3 Å². The van der Waals surface area contributed by atoms with Gasteiger partial charge in [0.1, 0.15) is 21.4 Å². The molecule has 0 bridgehead atoms. The first-order valence-corrected chi connectivity index (χ1v) is 9.47. The van der Waals surface area contributed by atoms with E-state index in [2.05, 4.69) is 49.4 Å². The van der Waals surface area contributed by atoms with Crippen LogP contribution in [0.15, 0.2) is 34.2 Å². The predicted molar refractivity (Wildman–Crippen MR) is 97.7 cm³/mol. The van der Waals surface area contributed by atoms with Gasteiger partial charge in [-0.3, -0.25) is 4.98 Å². The summed E-state index contributed by atoms with van der Waals surface area (Å²) in [5.74, 6) is 1.47. The Balaban J connectivity index is 1.80. The average molecular weight is 369 g/mol. The lowest BCUT2D eigenvalue weighted by Gasteiger charge is -2.07. The summed E-state index contributed by atoms with van der Waals surface area (Å²) in [5.41, 5.74) is 1.89. The monoisotopic (exact) mass is 369 g/mol. The highest BCUT2D eigenvalue weighted by molar-refractivity contribution is 7.99. The maximum absolute atomic E-state index is 4.64. The van der Waals surface area contributed by atoms with Crippen molar-refractivity contribution < 1.29 is 0 Å². The van der Waals surface area contributed by atoms with Gasteiger partial charge in [0, 0.05) is 24.3 Å². The van der Waals surface area contributed by atoms with E-state index in [0.717, 1.165) is 32.8 Å². The van der Waals surface area contributed by atoms with Crippen LogP contribution in [0.4, 0.5) is 0 Å². The summed E-state index contributed by atoms with van der Waals surface area (Å²) in [7, 11) is 0. The number of hydrogen-bond acceptors (Lipinski definition) is 8. The van der Waals surface area contributed by atoms with Crippen LogP contribution < -0.4 is 0 Å². The summed E-state index contributed by atoms with van der Waals surface area (Å²) < 4.78 is 2.03. The predicted octanol–water partition coefficient (Wildman–Crippen LogP) is 3.53. The van der Waals surface area contributed by atoms with Gasteiger partial charge in [-0.25, -0.2) is 15.0 Å². The molecule has 25 heavy (non-hydrogen) atoms. The Bertz CT molecular complexity index is 1040. The van der Waals surface area contributed by atoms with E-state index < -0.39 is 0 Å². The molecule has 0 aliphatic rings. The fourth-order valence-electron chi connectivity index (χ4n) is 2.56. The summed E-state index contributed by atoms with van der Waals surface area (Å²) >= 11 is 3.15. The minimum atomic E-state index is 0.708. The van der Waals surface area contributed by atoms with E-state index in [-0.39, 0.29) is 0 Å². The van der Waals surface area contributed by atoms with Gasteiger partial charge in [-0.05, 0) is 43.5 Å². The van der Waals surface area contributed by atoms with E-state index >= 15 is 0 Å². The molecule has 0 atom stereocenters. The Labute approximate surface area is 152 Å². The second-order valence-corrected chi connectivity index (χ2v) is 7.23. The van der Waals surface area contributed by atoms with Crippen LogP contribution in [-0.4, -0.2) is 34.7 Å². The first kappa shape index (κ1) is 16.1. The molecule has 0 radical (unpaired) electrons. The lowest BCUT2D eigenvalue weighted by atomic mass is 10.3. The molecule has 0 amide bonds. The Morgan fingerprint density at radius 1 is 1.16 bits per heavy atom. The number of aromatic nitrogens is 7. The van der Waals surface area contributed by atoms with Crippen molar-refractivity contribution in [3.63, 3.8) is 0 Å². The molecule has 0 unspecified atom stereocenters. The standard InChI is InChI=1S/C16H15N7S2/c1-4-23-13(11-7-17-5-6-18-11)21-22-16(23)25-15-12-9(2)8-24-14(12)19-10(3)20-15/h5-8H,4H2,1-3H3. The van der Waals surface area contributed by atoms with Gasteiger partial charge in [0.25, 0.3) is 0 Å². The topological polar surface area (TPSA) is 82.3 Å². The van der Waals surface area contributed by atoms with Crippen molar-refractivity contribution in [1.29, 1.82) is 0 Å². The Hall–Kier alpha value is -2.39. The largest absolute Gasteiger partial charge is 0.301 e. The zero-order valence-electron chi connectivity index (χ0n) is 14.0. The molecule has 4 aromatic heterocycles. The van der Waals surface area contributed by atoms with Crippen LogP contribution in [0.25, 0.3) is 21.7 Å². The Morgan fingerprint density at radius 2 is 2.04 bits per heavy atom. The van der Waals surface area contributed by atoms with E-state index in [1.807, 2.05) is 11.5 Å². The molecular weight excluding hydrogens is 354 g/mol. The van der Waals surface area contributed by atoms with Crippen molar-refractivity contribution in [2.24, 2.45) is 0 Å². The highest BCUT2D eigenvalue weighted by Gasteiger charge is 2.18. The van der Waals surface area contributed by atoms with Crippen molar-refractivity contribution in [3.8, 4) is 11.5 Å². The Morgan fingerprint density at radius 3 is 2.80 bits per heavy atom. The van der Waals surface area contributed by atoms with Gasteiger partial charge in [-0.2, -0.15) is 0 Å². The maximum atomic E-state index is 4.64. The van der Waals surface area contributed by atoms with E-state index in [1.54, 1.807) is 29.9 Å². The number of thiophene rings is 1. The minimum absolute atomic E-state index is 0.708. The van der Waals surface area contributed by atoms with Crippen LogP contribution >= 0.6 is 23.1 Å². The third-order valence-electron chi connectivity index (χ3n) is 3.71. The average Bonchev–Trinajstić information content (AvgIpc) is 3.19. The third kappa shape index (κ3) is 2.89. The summed E-state index contributed by atoms with van der Waals surface area (Å²) in [6.45, 7) is 6.78. The second-order valence-electron chi connectivity index (χ2n) is 5.42. The second kappa shape index (κ2) is 6.49. The molecular formula is C16H15N7S2. The molecule has 9 heteroatoms. The van der Waals surface area contributed by atoms with Crippen LogP contribution in [0.2, 0.25) is 0 Å². The number of hydrogen-bond donors (Lipinski definition) is 0. The van der Waals surface area contributed by atoms with Crippen molar-refractivity contribution in [2.75, 3.05) is 0 Å². The number of nitrogens with zero attached hydrogens (tertiary/aromatic N) is 7. The van der Waals surface area contributed by atoms with E-state index in [0.29, 0.717) is 11.5 Å². The first-order valence-electron chi connectivity index (χ1n) is 7.77. The molecule has 0 aromatic carbocycles. The van der Waals surface area contributed by atoms with Crippen molar-refractivity contribution in [2.45, 2.75) is 37.5 Å². The van der Waals surface area contributed by atoms with E-state index in [4.69, 9.17) is 0 Å². The van der Waals surface area contributed by atoms with Crippen molar-refractivity contribution in [1.82, 2.24) is 34.7 Å². The van der Waals surface area contributed by atoms with Gasteiger partial charge >= 0.3 is 0 Å². The summed E-state index contributed by atoms with van der Waals surface area (Å²) in [6.07, 6.45) is 5.00. The molecule has 0 fully saturated rings. The van der Waals surface area contributed by atoms with Crippen LogP contribution in [-0.2, 0) is 6.54 Å². The molecule has 0 saturated carbocycles. The number of fused-ring (bicyclic) bond motifs is 1. The smallest absolute Gasteiger partial charge is 0.197 e. The zero-order chi connectivity index (χ0) is 17.4.